The zero-order chi connectivity index (χ0) is 16.3. The highest BCUT2D eigenvalue weighted by atomic mass is 16.5. The van der Waals surface area contributed by atoms with Crippen molar-refractivity contribution in [2.24, 2.45) is 11.8 Å². The highest BCUT2D eigenvalue weighted by Crippen LogP contribution is 2.16. The molecule has 0 heterocycles. The SMILES string of the molecule is CCC(NC)C(=O)OCCCCOC(=O)C(CC)C(C)C. The van der Waals surface area contributed by atoms with Crippen LogP contribution in [-0.4, -0.2) is 38.2 Å². The van der Waals surface area contributed by atoms with E-state index in [1.165, 1.54) is 0 Å². The summed E-state index contributed by atoms with van der Waals surface area (Å²) in [6.45, 7) is 8.75. The van der Waals surface area contributed by atoms with Crippen LogP contribution in [0.25, 0.3) is 0 Å². The molecule has 0 aromatic heterocycles. The first-order valence-corrected chi connectivity index (χ1v) is 7.98. The van der Waals surface area contributed by atoms with Crippen LogP contribution in [0.2, 0.25) is 0 Å². The van der Waals surface area contributed by atoms with E-state index < -0.39 is 0 Å². The summed E-state index contributed by atoms with van der Waals surface area (Å²) in [5.41, 5.74) is 0. The predicted molar refractivity (Wildman–Crippen MR) is 82.9 cm³/mol. The summed E-state index contributed by atoms with van der Waals surface area (Å²) in [4.78, 5) is 23.4. The van der Waals surface area contributed by atoms with Gasteiger partial charge in [0.2, 0.25) is 0 Å². The van der Waals surface area contributed by atoms with Crippen LogP contribution in [0, 0.1) is 11.8 Å². The van der Waals surface area contributed by atoms with Gasteiger partial charge in [0.15, 0.2) is 0 Å². The minimum Gasteiger partial charge on any atom is -0.465 e. The Hall–Kier alpha value is -1.10. The first-order valence-electron chi connectivity index (χ1n) is 7.98. The zero-order valence-electron chi connectivity index (χ0n) is 14.1. The third kappa shape index (κ3) is 8.05. The molecule has 0 spiro atoms. The predicted octanol–water partition coefficient (Wildman–Crippen LogP) is 2.53. The van der Waals surface area contributed by atoms with Crippen LogP contribution in [0.15, 0.2) is 0 Å². The number of nitrogens with one attached hydrogen (secondary N) is 1. The summed E-state index contributed by atoms with van der Waals surface area (Å²) >= 11 is 0. The molecule has 0 saturated carbocycles. The Morgan fingerprint density at radius 3 is 1.86 bits per heavy atom. The van der Waals surface area contributed by atoms with Crippen molar-refractivity contribution in [3.63, 3.8) is 0 Å². The van der Waals surface area contributed by atoms with E-state index in [4.69, 9.17) is 9.47 Å². The van der Waals surface area contributed by atoms with Crippen molar-refractivity contribution < 1.29 is 19.1 Å². The quantitative estimate of drug-likeness (QED) is 0.469. The van der Waals surface area contributed by atoms with E-state index in [0.29, 0.717) is 38.4 Å². The molecule has 5 heteroatoms. The Labute approximate surface area is 128 Å². The second-order valence-electron chi connectivity index (χ2n) is 5.55. The lowest BCUT2D eigenvalue weighted by atomic mass is 9.93. The molecule has 0 aliphatic heterocycles. The molecule has 2 unspecified atom stereocenters. The third-order valence-electron chi connectivity index (χ3n) is 3.62. The molecular formula is C16H31NO4. The van der Waals surface area contributed by atoms with Gasteiger partial charge in [-0.05, 0) is 38.6 Å². The fourth-order valence-corrected chi connectivity index (χ4v) is 2.16. The minimum absolute atomic E-state index is 0.0243. The van der Waals surface area contributed by atoms with Crippen LogP contribution in [0.1, 0.15) is 53.4 Å². The summed E-state index contributed by atoms with van der Waals surface area (Å²) in [7, 11) is 1.74. The molecule has 0 aliphatic carbocycles. The number of likely N-dealkylation sites (N-methyl/N-ethyl adjacent to an activating group) is 1. The van der Waals surface area contributed by atoms with Gasteiger partial charge >= 0.3 is 11.9 Å². The van der Waals surface area contributed by atoms with Crippen molar-refractivity contribution in [3.8, 4) is 0 Å². The Kier molecular flexibility index (Phi) is 10.9. The summed E-state index contributed by atoms with van der Waals surface area (Å²) in [5.74, 6) is -0.0617. The number of rotatable bonds is 11. The lowest BCUT2D eigenvalue weighted by Crippen LogP contribution is -2.35. The van der Waals surface area contributed by atoms with Gasteiger partial charge in [-0.15, -0.1) is 0 Å². The molecule has 0 radical (unpaired) electrons. The smallest absolute Gasteiger partial charge is 0.323 e. The van der Waals surface area contributed by atoms with E-state index in [1.807, 2.05) is 27.7 Å². The Morgan fingerprint density at radius 2 is 1.48 bits per heavy atom. The van der Waals surface area contributed by atoms with Crippen molar-refractivity contribution in [3.05, 3.63) is 0 Å². The number of carbonyl (C=O) groups excluding carboxylic acids is 2. The normalized spacial score (nSPS) is 13.8. The van der Waals surface area contributed by atoms with Gasteiger partial charge in [-0.25, -0.2) is 0 Å². The number of ether oxygens (including phenoxy) is 2. The number of carbonyl (C=O) groups is 2. The molecule has 0 rings (SSSR count). The van der Waals surface area contributed by atoms with E-state index in [2.05, 4.69) is 5.32 Å². The second kappa shape index (κ2) is 11.5. The molecule has 21 heavy (non-hydrogen) atoms. The maximum absolute atomic E-state index is 11.8. The van der Waals surface area contributed by atoms with E-state index >= 15 is 0 Å². The molecule has 5 nitrogen and oxygen atoms in total. The van der Waals surface area contributed by atoms with Crippen LogP contribution in [-0.2, 0) is 19.1 Å². The van der Waals surface area contributed by atoms with Crippen molar-refractivity contribution in [1.29, 1.82) is 0 Å². The molecule has 0 amide bonds. The van der Waals surface area contributed by atoms with Gasteiger partial charge in [-0.2, -0.15) is 0 Å². The second-order valence-corrected chi connectivity index (χ2v) is 5.55. The van der Waals surface area contributed by atoms with Crippen LogP contribution in [0.4, 0.5) is 0 Å². The maximum Gasteiger partial charge on any atom is 0.323 e. The molecule has 0 bridgehead atoms. The van der Waals surface area contributed by atoms with E-state index in [0.717, 1.165) is 6.42 Å². The molecule has 0 fully saturated rings. The van der Waals surface area contributed by atoms with Crippen molar-refractivity contribution in [1.82, 2.24) is 5.32 Å². The van der Waals surface area contributed by atoms with Crippen molar-refractivity contribution in [2.45, 2.75) is 59.4 Å². The molecule has 2 atom stereocenters. The summed E-state index contributed by atoms with van der Waals surface area (Å²) < 4.78 is 10.4. The van der Waals surface area contributed by atoms with E-state index in [9.17, 15) is 9.59 Å². The van der Waals surface area contributed by atoms with Gasteiger partial charge in [0, 0.05) is 0 Å². The lowest BCUT2D eigenvalue weighted by molar-refractivity contribution is -0.151. The van der Waals surface area contributed by atoms with Gasteiger partial charge in [0.1, 0.15) is 6.04 Å². The van der Waals surface area contributed by atoms with Gasteiger partial charge < -0.3 is 14.8 Å². The standard InChI is InChI=1S/C16H31NO4/c1-6-13(12(3)4)15(18)20-10-8-9-11-21-16(19)14(7-2)17-5/h12-14,17H,6-11H2,1-5H3. The summed E-state index contributed by atoms with van der Waals surface area (Å²) in [5, 5.41) is 2.90. The molecule has 0 aromatic carbocycles. The van der Waals surface area contributed by atoms with Crippen LogP contribution in [0.5, 0.6) is 0 Å². The number of hydrogen-bond acceptors (Lipinski definition) is 5. The van der Waals surface area contributed by atoms with E-state index in [1.54, 1.807) is 7.05 Å². The zero-order valence-corrected chi connectivity index (χ0v) is 14.1. The van der Waals surface area contributed by atoms with Gasteiger partial charge in [0.25, 0.3) is 0 Å². The third-order valence-corrected chi connectivity index (χ3v) is 3.62. The molecule has 0 saturated heterocycles. The summed E-state index contributed by atoms with van der Waals surface area (Å²) in [6.07, 6.45) is 2.93. The average molecular weight is 301 g/mol. The number of hydrogen-bond donors (Lipinski definition) is 1. The number of unbranched alkanes of at least 4 members (excludes halogenated alkanes) is 1. The Bertz CT molecular complexity index is 301. The first-order chi connectivity index (χ1) is 9.97. The average Bonchev–Trinajstić information content (AvgIpc) is 2.44. The van der Waals surface area contributed by atoms with Gasteiger partial charge in [-0.1, -0.05) is 27.7 Å². The molecule has 0 aliphatic rings. The summed E-state index contributed by atoms with van der Waals surface area (Å²) in [6, 6.07) is -0.237. The van der Waals surface area contributed by atoms with Gasteiger partial charge in [0.05, 0.1) is 19.1 Å². The van der Waals surface area contributed by atoms with Crippen LogP contribution < -0.4 is 5.32 Å². The molecule has 1 N–H and O–H groups in total. The minimum atomic E-state index is -0.237. The van der Waals surface area contributed by atoms with Gasteiger partial charge in [-0.3, -0.25) is 9.59 Å². The highest BCUT2D eigenvalue weighted by molar-refractivity contribution is 5.75. The monoisotopic (exact) mass is 301 g/mol. The Balaban J connectivity index is 3.73. The first kappa shape index (κ1) is 19.9. The van der Waals surface area contributed by atoms with Crippen LogP contribution in [0.3, 0.4) is 0 Å². The van der Waals surface area contributed by atoms with E-state index in [-0.39, 0.29) is 23.9 Å². The van der Waals surface area contributed by atoms with Crippen LogP contribution >= 0.6 is 0 Å². The van der Waals surface area contributed by atoms with Crippen molar-refractivity contribution in [2.75, 3.05) is 20.3 Å². The largest absolute Gasteiger partial charge is 0.465 e. The topological polar surface area (TPSA) is 64.6 Å². The molecule has 124 valence electrons. The fraction of sp³-hybridized carbons (Fsp3) is 0.875. The Morgan fingerprint density at radius 1 is 0.952 bits per heavy atom. The molecule has 0 aromatic rings. The highest BCUT2D eigenvalue weighted by Gasteiger charge is 2.21. The fourth-order valence-electron chi connectivity index (χ4n) is 2.16. The molecular weight excluding hydrogens is 270 g/mol. The van der Waals surface area contributed by atoms with Crippen molar-refractivity contribution >= 4 is 11.9 Å². The lowest BCUT2D eigenvalue weighted by Gasteiger charge is -2.17. The number of esters is 2. The maximum atomic E-state index is 11.8.